The monoisotopic (exact) mass is 1680 g/mol. The van der Waals surface area contributed by atoms with E-state index in [0.29, 0.717) is 22.6 Å². The van der Waals surface area contributed by atoms with Crippen molar-refractivity contribution in [3.05, 3.63) is 190 Å². The summed E-state index contributed by atoms with van der Waals surface area (Å²) in [7, 11) is 1.49. The molecule has 15 rings (SSSR count). The highest BCUT2D eigenvalue weighted by molar-refractivity contribution is 7.99. The number of carboxylic acid groups (broad SMARTS) is 1. The lowest BCUT2D eigenvalue weighted by atomic mass is 9.86. The number of nitrogens with zero attached hydrogens (tertiary/aromatic N) is 1. The standard InChI is InChI=1S/C82H86Cl2N10O23S/c1-34(2)23-48(87-6)74(104)93-65-67(100)41-19-22-53(47(84)26-41)113-55-28-42-27-54(71(55)116-80-72(115-58-32-82(5,86)73(103)36(4)111-58)69(102)68(101)56(114-80)33-118-81-94-61(37-13-9-7-10-14-37)70(117-81)38-15-11-8-12-16-38)112-52-21-18-40(25-46(52)83)66(99)64-78(108)92-63(79(109)110)45-29-43(95)30-51(97)59(45)44-24-39(17-20-50(44)96)60(35(3)88-64)90-76(106)62(42)91-75(105)49(31-57(85)98)89-77(65)107/h7-22,24-30,34,36,48-49,56,58,60,62-69,72-73,80,87-88,95-97,99-103H,3,23,31-33,86H2,1-2,4-6H3,(H2,85,98)(H,89,107)(H,90,106)(H,91,105)(H,92,108)(H,93,104)(H,109,110)/t36?,48-,49+,56?,58?,60+,62-,63-,64+,65-,66-,67-,68?,69?,72?,73?,80?,82?/m1/s1. The highest BCUT2D eigenvalue weighted by Gasteiger charge is 2.52. The minimum atomic E-state index is -2.25. The van der Waals surface area contributed by atoms with Crippen molar-refractivity contribution in [1.29, 1.82) is 0 Å². The van der Waals surface area contributed by atoms with Crippen LogP contribution in [0.5, 0.6) is 46.0 Å². The Bertz CT molecular complexity index is 5130. The predicted molar refractivity (Wildman–Crippen MR) is 424 cm³/mol. The first-order chi connectivity index (χ1) is 56.1. The van der Waals surface area contributed by atoms with Gasteiger partial charge in [-0.25, -0.2) is 9.78 Å². The fraction of sp³-hybridized carbons (Fsp3) is 0.341. The number of primary amides is 1. The molecule has 1 aromatic heterocycles. The highest BCUT2D eigenvalue weighted by atomic mass is 35.5. The van der Waals surface area contributed by atoms with E-state index in [1.807, 2.05) is 74.5 Å². The number of aliphatic hydroxyl groups excluding tert-OH is 5. The molecule has 8 heterocycles. The lowest BCUT2D eigenvalue weighted by Gasteiger charge is -2.47. The fourth-order valence-electron chi connectivity index (χ4n) is 14.7. The van der Waals surface area contributed by atoms with Gasteiger partial charge in [0.2, 0.25) is 47.5 Å². The number of nitrogens with two attached hydrogens (primary N) is 2. The summed E-state index contributed by atoms with van der Waals surface area (Å²) in [6.45, 7) is 11.0. The lowest BCUT2D eigenvalue weighted by Crippen LogP contribution is -2.64. The zero-order valence-electron chi connectivity index (χ0n) is 63.7. The van der Waals surface area contributed by atoms with Gasteiger partial charge in [-0.05, 0) is 110 Å². The van der Waals surface area contributed by atoms with Crippen LogP contribution in [0.3, 0.4) is 0 Å². The summed E-state index contributed by atoms with van der Waals surface area (Å²) in [5.74, 6) is -13.4. The quantitative estimate of drug-likeness (QED) is 0.0450. The van der Waals surface area contributed by atoms with Gasteiger partial charge < -0.3 is 127 Å². The van der Waals surface area contributed by atoms with E-state index in [2.05, 4.69) is 43.8 Å². The van der Waals surface area contributed by atoms with Crippen LogP contribution < -0.4 is 62.9 Å². The Morgan fingerprint density at radius 1 is 0.712 bits per heavy atom. The molecule has 2 fully saturated rings. The molecule has 0 spiro atoms. The third-order valence-corrected chi connectivity index (χ3v) is 22.3. The second-order valence-corrected chi connectivity index (χ2v) is 31.7. The number of amides is 6. The molecule has 118 heavy (non-hydrogen) atoms. The normalized spacial score (nSPS) is 26.8. The molecule has 0 aliphatic carbocycles. The number of ether oxygens (including phenoxy) is 6. The summed E-state index contributed by atoms with van der Waals surface area (Å²) in [5, 5.41) is 125. The molecule has 0 radical (unpaired) electrons. The molecule has 33 nitrogen and oxygen atoms in total. The van der Waals surface area contributed by atoms with Crippen LogP contribution in [0.2, 0.25) is 10.0 Å². The van der Waals surface area contributed by atoms with Gasteiger partial charge in [-0.2, -0.15) is 0 Å². The van der Waals surface area contributed by atoms with Crippen molar-refractivity contribution in [2.75, 3.05) is 12.8 Å². The van der Waals surface area contributed by atoms with E-state index >= 15 is 19.2 Å². The molecule has 622 valence electrons. The number of fused-ring (bicyclic) bond motifs is 15. The zero-order chi connectivity index (χ0) is 84.6. The van der Waals surface area contributed by atoms with Gasteiger partial charge in [0.1, 0.15) is 83.0 Å². The van der Waals surface area contributed by atoms with Crippen LogP contribution >= 0.6 is 35.0 Å². The van der Waals surface area contributed by atoms with Crippen LogP contribution in [0.1, 0.15) is 105 Å². The predicted octanol–water partition coefficient (Wildman–Crippen LogP) is 6.22. The number of rotatable bonds is 17. The third-order valence-electron chi connectivity index (χ3n) is 20.8. The first-order valence-electron chi connectivity index (χ1n) is 37.4. The van der Waals surface area contributed by atoms with Gasteiger partial charge in [0.25, 0.3) is 5.22 Å². The number of benzene rings is 7. The minimum Gasteiger partial charge on any atom is -0.508 e. The number of carboxylic acids is 1. The molecule has 9 unspecified atom stereocenters. The maximum Gasteiger partial charge on any atom is 0.330 e. The third kappa shape index (κ3) is 18.1. The van der Waals surface area contributed by atoms with Crippen LogP contribution in [0, 0.1) is 5.92 Å². The number of thioether (sulfide) groups is 1. The fourth-order valence-corrected chi connectivity index (χ4v) is 16.0. The lowest BCUT2D eigenvalue weighted by molar-refractivity contribution is -0.329. The number of phenols is 3. The Hall–Kier alpha value is -11.1. The van der Waals surface area contributed by atoms with E-state index < -0.39 is 208 Å². The topological polar surface area (TPSA) is 519 Å². The molecule has 0 saturated carbocycles. The van der Waals surface area contributed by atoms with Crippen molar-refractivity contribution < 1.29 is 112 Å². The van der Waals surface area contributed by atoms with Gasteiger partial charge >= 0.3 is 5.97 Å². The number of aromatic hydroxyl groups is 3. The van der Waals surface area contributed by atoms with Crippen LogP contribution in [0.25, 0.3) is 33.7 Å². The van der Waals surface area contributed by atoms with Crippen LogP contribution in [-0.4, -0.2) is 184 Å². The zero-order valence-corrected chi connectivity index (χ0v) is 66.0. The van der Waals surface area contributed by atoms with E-state index in [4.69, 9.17) is 72.5 Å². The number of aliphatic carboxylic acids is 1. The molecule has 2 saturated heterocycles. The number of carbonyl (C=O) groups is 7. The van der Waals surface area contributed by atoms with Gasteiger partial charge in [0, 0.05) is 57.3 Å². The maximum atomic E-state index is 16.4. The van der Waals surface area contributed by atoms with Crippen molar-refractivity contribution in [3.63, 3.8) is 0 Å². The van der Waals surface area contributed by atoms with Gasteiger partial charge in [-0.3, -0.25) is 28.8 Å². The van der Waals surface area contributed by atoms with E-state index in [-0.39, 0.29) is 79.1 Å². The number of halogens is 2. The first kappa shape index (κ1) is 84.8. The van der Waals surface area contributed by atoms with Gasteiger partial charge in [-0.15, -0.1) is 0 Å². The molecule has 6 amide bonds. The summed E-state index contributed by atoms with van der Waals surface area (Å²) < 4.78 is 46.8. The van der Waals surface area contributed by atoms with Crippen LogP contribution in [0.15, 0.2) is 161 Å². The summed E-state index contributed by atoms with van der Waals surface area (Å²) in [6.07, 6.45) is -18.1. The van der Waals surface area contributed by atoms with E-state index in [1.165, 1.54) is 56.4 Å². The highest BCUT2D eigenvalue weighted by Crippen LogP contribution is 2.51. The van der Waals surface area contributed by atoms with Crippen molar-refractivity contribution in [3.8, 4) is 79.7 Å². The van der Waals surface area contributed by atoms with Gasteiger partial charge in [0.15, 0.2) is 35.7 Å². The average Bonchev–Trinajstić information content (AvgIpc) is 1.03. The number of hydrogen-bond acceptors (Lipinski definition) is 27. The molecule has 20 N–H and O–H groups in total. The van der Waals surface area contributed by atoms with Crippen molar-refractivity contribution in [2.24, 2.45) is 17.4 Å². The Labute approximate surface area is 688 Å². The van der Waals surface area contributed by atoms with E-state index in [1.54, 1.807) is 6.92 Å². The van der Waals surface area contributed by atoms with Crippen molar-refractivity contribution in [2.45, 2.75) is 161 Å². The molecular formula is C82H86Cl2N10O23S. The Kier molecular flexibility index (Phi) is 25.3. The number of likely N-dealkylation sites (N-methyl/N-ethyl adjacent to an activating group) is 1. The number of oxazole rings is 1. The van der Waals surface area contributed by atoms with Crippen LogP contribution in [-0.2, 0) is 47.8 Å². The Morgan fingerprint density at radius 2 is 1.34 bits per heavy atom. The largest absolute Gasteiger partial charge is 0.508 e. The van der Waals surface area contributed by atoms with E-state index in [9.17, 15) is 60.3 Å². The second kappa shape index (κ2) is 35.2. The summed E-state index contributed by atoms with van der Waals surface area (Å²) >= 11 is 15.5. The molecule has 7 aromatic carbocycles. The van der Waals surface area contributed by atoms with Gasteiger partial charge in [0.05, 0.1) is 46.9 Å². The smallest absolute Gasteiger partial charge is 0.330 e. The van der Waals surface area contributed by atoms with Crippen molar-refractivity contribution >= 4 is 76.4 Å². The summed E-state index contributed by atoms with van der Waals surface area (Å²) in [6, 6.07) is 19.8. The average molecular weight is 1680 g/mol. The minimum absolute atomic E-state index is 0.0944. The number of carbonyl (C=O) groups excluding carboxylic acids is 6. The Morgan fingerprint density at radius 3 is 1.95 bits per heavy atom. The molecule has 11 bridgehead atoms. The van der Waals surface area contributed by atoms with Crippen molar-refractivity contribution in [1.82, 2.24) is 42.2 Å². The number of aliphatic hydroxyl groups is 5. The molecule has 7 aliphatic rings. The summed E-state index contributed by atoms with van der Waals surface area (Å²) in [4.78, 5) is 108. The number of aromatic nitrogens is 1. The van der Waals surface area contributed by atoms with E-state index in [0.717, 1.165) is 48.2 Å². The molecule has 8 aromatic rings. The molecular weight excluding hydrogens is 1600 g/mol. The van der Waals surface area contributed by atoms with Gasteiger partial charge in [-0.1, -0.05) is 134 Å². The SMILES string of the molecule is C=C1N[C@@H]2C(=O)N[C@@H](C(=O)O)c3cc(O)cc(O)c3-c3cc(ccc3O)[C@H]1NC(=O)[C@@H]1NC(=O)[C@H](CC(N)=O)NC(=O)[C@H](NC(=O)[C@@H](CC(C)C)NC)[C@H](O)c3ccc(c(Cl)c3)Oc3cc1cc(c3OC1OC(CSc3nc(-c4ccccc4)c(-c4ccccc4)o3)C(O)C(O)C1OC1CC(C)(N)C(O)C(C)O1)Oc1ccc(cc1Cl)[C@H]2O. The molecule has 7 aliphatic heterocycles. The number of hydrogen-bond donors (Lipinski definition) is 18. The first-order valence-corrected chi connectivity index (χ1v) is 39.1. The number of nitrogens with one attached hydrogen (secondary N) is 7. The van der Waals surface area contributed by atoms with Crippen LogP contribution in [0.4, 0.5) is 0 Å². The second-order valence-electron chi connectivity index (χ2n) is 29.9. The molecule has 18 atom stereocenters. The Balaban J connectivity index is 1.03. The molecule has 36 heteroatoms. The maximum absolute atomic E-state index is 16.4. The summed E-state index contributed by atoms with van der Waals surface area (Å²) in [5.41, 5.74) is 10.5. The number of phenolic OH excluding ortho intramolecular Hbond substituents is 3.